The van der Waals surface area contributed by atoms with Gasteiger partial charge in [-0.3, -0.25) is 0 Å². The topological polar surface area (TPSA) is 69.9 Å². The Labute approximate surface area is 174 Å². The lowest BCUT2D eigenvalue weighted by Crippen LogP contribution is -2.13. The van der Waals surface area contributed by atoms with Gasteiger partial charge in [0.25, 0.3) is 0 Å². The van der Waals surface area contributed by atoms with E-state index in [4.69, 9.17) is 30.8 Å². The Morgan fingerprint density at radius 3 is 2.28 bits per heavy atom. The summed E-state index contributed by atoms with van der Waals surface area (Å²) in [5, 5.41) is 4.96. The van der Waals surface area contributed by atoms with E-state index in [9.17, 15) is 0 Å². The maximum atomic E-state index is 7.42. The number of fused-ring (bicyclic) bond motifs is 1. The van der Waals surface area contributed by atoms with Gasteiger partial charge in [-0.05, 0) is 44.0 Å². The number of anilines is 1. The highest BCUT2D eigenvalue weighted by Crippen LogP contribution is 2.41. The second-order valence-electron chi connectivity index (χ2n) is 6.82. The Hall–Kier alpha value is -3.05. The molecule has 0 aliphatic rings. The van der Waals surface area contributed by atoms with Crippen LogP contribution in [0.15, 0.2) is 12.1 Å². The molecule has 152 valence electrons. The summed E-state index contributed by atoms with van der Waals surface area (Å²) >= 11 is 1.40. The zero-order valence-electron chi connectivity index (χ0n) is 17.4. The molecule has 0 amide bonds. The van der Waals surface area contributed by atoms with Gasteiger partial charge in [-0.2, -0.15) is 0 Å². The standard InChI is InChI=1S/C21H24N4O3S/c1-11(2)23-19-17-12(3)20(22-4)29-21(17)25-16(24-19)10-13-8-14(26-5)18(28-7)15(9-13)27-6/h8-9,11H,10H2,1-3,5-7H3,(H,23,24,25). The number of aryl methyl sites for hydroxylation is 1. The van der Waals surface area contributed by atoms with Crippen LogP contribution in [0, 0.1) is 13.5 Å². The van der Waals surface area contributed by atoms with Crippen LogP contribution in [0.3, 0.4) is 0 Å². The van der Waals surface area contributed by atoms with Gasteiger partial charge in [0.2, 0.25) is 10.8 Å². The van der Waals surface area contributed by atoms with Crippen LogP contribution in [0.1, 0.15) is 30.8 Å². The van der Waals surface area contributed by atoms with Gasteiger partial charge in [-0.15, -0.1) is 11.3 Å². The Balaban J connectivity index is 2.10. The average molecular weight is 413 g/mol. The van der Waals surface area contributed by atoms with Crippen LogP contribution in [0.25, 0.3) is 15.1 Å². The van der Waals surface area contributed by atoms with Crippen molar-refractivity contribution >= 4 is 32.4 Å². The van der Waals surface area contributed by atoms with E-state index < -0.39 is 0 Å². The third-order valence-corrected chi connectivity index (χ3v) is 5.50. The molecule has 7 nitrogen and oxygen atoms in total. The lowest BCUT2D eigenvalue weighted by molar-refractivity contribution is 0.324. The van der Waals surface area contributed by atoms with Crippen molar-refractivity contribution in [1.29, 1.82) is 0 Å². The SMILES string of the molecule is [C-]#[N+]c1sc2nc(Cc3cc(OC)c(OC)c(OC)c3)nc(NC(C)C)c2c1C. The van der Waals surface area contributed by atoms with Gasteiger partial charge in [-0.25, -0.2) is 14.8 Å². The van der Waals surface area contributed by atoms with Gasteiger partial charge in [0, 0.05) is 17.8 Å². The second kappa shape index (κ2) is 8.53. The van der Waals surface area contributed by atoms with Crippen molar-refractivity contribution in [2.24, 2.45) is 0 Å². The van der Waals surface area contributed by atoms with Crippen molar-refractivity contribution in [2.75, 3.05) is 26.6 Å². The Morgan fingerprint density at radius 1 is 1.10 bits per heavy atom. The van der Waals surface area contributed by atoms with Gasteiger partial charge in [-0.1, -0.05) is 0 Å². The molecule has 0 aliphatic carbocycles. The Morgan fingerprint density at radius 2 is 1.76 bits per heavy atom. The number of aromatic nitrogens is 2. The largest absolute Gasteiger partial charge is 0.493 e. The van der Waals surface area contributed by atoms with Gasteiger partial charge in [0.1, 0.15) is 16.5 Å². The molecule has 0 radical (unpaired) electrons. The van der Waals surface area contributed by atoms with Crippen LogP contribution in [-0.4, -0.2) is 37.3 Å². The van der Waals surface area contributed by atoms with E-state index >= 15 is 0 Å². The first-order chi connectivity index (χ1) is 13.9. The lowest BCUT2D eigenvalue weighted by Gasteiger charge is -2.15. The third kappa shape index (κ3) is 4.05. The summed E-state index contributed by atoms with van der Waals surface area (Å²) in [6.45, 7) is 13.5. The zero-order valence-corrected chi connectivity index (χ0v) is 18.2. The second-order valence-corrected chi connectivity index (χ2v) is 7.80. The molecule has 0 unspecified atom stereocenters. The van der Waals surface area contributed by atoms with Gasteiger partial charge >= 0.3 is 0 Å². The number of methoxy groups -OCH3 is 3. The van der Waals surface area contributed by atoms with E-state index in [1.165, 1.54) is 11.3 Å². The number of hydrogen-bond acceptors (Lipinski definition) is 7. The van der Waals surface area contributed by atoms with Crippen LogP contribution >= 0.6 is 11.3 Å². The highest BCUT2D eigenvalue weighted by atomic mass is 32.1. The van der Waals surface area contributed by atoms with E-state index in [1.54, 1.807) is 21.3 Å². The molecule has 29 heavy (non-hydrogen) atoms. The van der Waals surface area contributed by atoms with Crippen molar-refractivity contribution in [3.8, 4) is 17.2 Å². The summed E-state index contributed by atoms with van der Waals surface area (Å²) in [5.41, 5.74) is 1.86. The number of nitrogens with zero attached hydrogens (tertiary/aromatic N) is 3. The quantitative estimate of drug-likeness (QED) is 0.552. The Kier molecular flexibility index (Phi) is 6.09. The summed E-state index contributed by atoms with van der Waals surface area (Å²) in [7, 11) is 4.76. The summed E-state index contributed by atoms with van der Waals surface area (Å²) in [4.78, 5) is 13.9. The van der Waals surface area contributed by atoms with Crippen LogP contribution < -0.4 is 19.5 Å². The maximum Gasteiger partial charge on any atom is 0.246 e. The number of nitrogens with one attached hydrogen (secondary N) is 1. The highest BCUT2D eigenvalue weighted by Gasteiger charge is 2.18. The van der Waals surface area contributed by atoms with Crippen molar-refractivity contribution in [3.63, 3.8) is 0 Å². The smallest absolute Gasteiger partial charge is 0.246 e. The van der Waals surface area contributed by atoms with Crippen molar-refractivity contribution in [1.82, 2.24) is 9.97 Å². The summed E-state index contributed by atoms with van der Waals surface area (Å²) in [6, 6.07) is 4.00. The molecule has 0 spiro atoms. The average Bonchev–Trinajstić information content (AvgIpc) is 3.02. The molecule has 2 aromatic heterocycles. The number of ether oxygens (including phenoxy) is 3. The van der Waals surface area contributed by atoms with Crippen molar-refractivity contribution in [2.45, 2.75) is 33.2 Å². The van der Waals surface area contributed by atoms with Gasteiger partial charge < -0.3 is 19.5 Å². The molecular weight excluding hydrogens is 388 g/mol. The predicted molar refractivity (Wildman–Crippen MR) is 116 cm³/mol. The third-order valence-electron chi connectivity index (χ3n) is 4.42. The molecule has 0 aliphatic heterocycles. The predicted octanol–water partition coefficient (Wildman–Crippen LogP) is 4.99. The molecule has 2 heterocycles. The monoisotopic (exact) mass is 412 g/mol. The fraction of sp³-hybridized carbons (Fsp3) is 0.381. The van der Waals surface area contributed by atoms with E-state index in [0.29, 0.717) is 34.5 Å². The number of benzene rings is 1. The van der Waals surface area contributed by atoms with Crippen molar-refractivity contribution in [3.05, 3.63) is 40.5 Å². The van der Waals surface area contributed by atoms with E-state index in [-0.39, 0.29) is 6.04 Å². The first-order valence-corrected chi connectivity index (χ1v) is 9.96. The minimum atomic E-state index is 0.206. The molecule has 0 saturated heterocycles. The van der Waals surface area contributed by atoms with Crippen LogP contribution in [-0.2, 0) is 6.42 Å². The Bertz CT molecular complexity index is 1060. The van der Waals surface area contributed by atoms with Gasteiger partial charge in [0.15, 0.2) is 11.5 Å². The highest BCUT2D eigenvalue weighted by molar-refractivity contribution is 7.22. The van der Waals surface area contributed by atoms with E-state index in [2.05, 4.69) is 24.0 Å². The minimum Gasteiger partial charge on any atom is -0.493 e. The minimum absolute atomic E-state index is 0.206. The molecule has 0 atom stereocenters. The summed E-state index contributed by atoms with van der Waals surface area (Å²) in [6.07, 6.45) is 0.490. The molecule has 3 rings (SSSR count). The summed E-state index contributed by atoms with van der Waals surface area (Å²) < 4.78 is 16.3. The molecular formula is C21H24N4O3S. The fourth-order valence-corrected chi connectivity index (χ4v) is 4.14. The number of rotatable bonds is 7. The fourth-order valence-electron chi connectivity index (χ4n) is 3.15. The molecule has 3 aromatic rings. The van der Waals surface area contributed by atoms with E-state index in [1.807, 2.05) is 19.1 Å². The number of thiophene rings is 1. The molecule has 0 saturated carbocycles. The lowest BCUT2D eigenvalue weighted by atomic mass is 10.1. The summed E-state index contributed by atoms with van der Waals surface area (Å²) in [5.74, 6) is 3.15. The first-order valence-electron chi connectivity index (χ1n) is 9.14. The molecule has 8 heteroatoms. The molecule has 1 aromatic carbocycles. The zero-order chi connectivity index (χ0) is 21.1. The van der Waals surface area contributed by atoms with E-state index in [0.717, 1.165) is 27.2 Å². The van der Waals surface area contributed by atoms with Crippen LogP contribution in [0.4, 0.5) is 10.8 Å². The number of hydrogen-bond donors (Lipinski definition) is 1. The maximum absolute atomic E-state index is 7.42. The molecule has 0 fully saturated rings. The van der Waals surface area contributed by atoms with Crippen molar-refractivity contribution < 1.29 is 14.2 Å². The normalized spacial score (nSPS) is 10.8. The molecule has 1 N–H and O–H groups in total. The first kappa shape index (κ1) is 20.7. The molecule has 0 bridgehead atoms. The van der Waals surface area contributed by atoms with Gasteiger partial charge in [0.05, 0.1) is 27.9 Å². The van der Waals surface area contributed by atoms with Crippen LogP contribution in [0.5, 0.6) is 17.2 Å². The van der Waals surface area contributed by atoms with Crippen LogP contribution in [0.2, 0.25) is 0 Å².